The van der Waals surface area contributed by atoms with Gasteiger partial charge in [-0.1, -0.05) is 42.0 Å². The Labute approximate surface area is 188 Å². The zero-order valence-electron chi connectivity index (χ0n) is 18.7. The number of nitrogens with zero attached hydrogens (tertiary/aromatic N) is 3. The van der Waals surface area contributed by atoms with Crippen LogP contribution in [0.15, 0.2) is 67.0 Å². The minimum atomic E-state index is -0.532. The van der Waals surface area contributed by atoms with Crippen LogP contribution in [0, 0.1) is 6.92 Å². The minimum absolute atomic E-state index is 0.279. The van der Waals surface area contributed by atoms with E-state index in [1.807, 2.05) is 42.2 Å². The zero-order valence-corrected chi connectivity index (χ0v) is 18.7. The van der Waals surface area contributed by atoms with Gasteiger partial charge in [0.05, 0.1) is 17.4 Å². The molecule has 0 saturated carbocycles. The molecule has 0 amide bonds. The van der Waals surface area contributed by atoms with Gasteiger partial charge >= 0.3 is 0 Å². The Morgan fingerprint density at radius 2 is 1.91 bits per heavy atom. The van der Waals surface area contributed by atoms with Gasteiger partial charge in [-0.2, -0.15) is 0 Å². The maximum Gasteiger partial charge on any atom is 0.120 e. The third kappa shape index (κ3) is 4.40. The third-order valence-electron chi connectivity index (χ3n) is 6.26. The zero-order chi connectivity index (χ0) is 22.1. The summed E-state index contributed by atoms with van der Waals surface area (Å²) in [5, 5.41) is 10.6. The molecular formula is C27H29N3O2. The summed E-state index contributed by atoms with van der Waals surface area (Å²) in [7, 11) is 2.00. The fraction of sp³-hybridized carbons (Fsp3) is 0.296. The number of imidazole rings is 1. The predicted molar refractivity (Wildman–Crippen MR) is 128 cm³/mol. The number of aryl methyl sites for hydroxylation is 2. The Bertz CT molecular complexity index is 1250. The molecule has 0 bridgehead atoms. The van der Waals surface area contributed by atoms with E-state index in [-0.39, 0.29) is 6.61 Å². The summed E-state index contributed by atoms with van der Waals surface area (Å²) in [4.78, 5) is 6.71. The fourth-order valence-electron chi connectivity index (χ4n) is 4.51. The lowest BCUT2D eigenvalue weighted by atomic mass is 9.97. The highest BCUT2D eigenvalue weighted by Gasteiger charge is 2.19. The first kappa shape index (κ1) is 20.7. The lowest BCUT2D eigenvalue weighted by molar-refractivity contribution is 0.0638. The van der Waals surface area contributed by atoms with Crippen molar-refractivity contribution in [2.75, 3.05) is 19.7 Å². The van der Waals surface area contributed by atoms with Crippen LogP contribution in [0.2, 0.25) is 0 Å². The molecule has 0 spiro atoms. The second-order valence-electron chi connectivity index (χ2n) is 8.81. The van der Waals surface area contributed by atoms with E-state index >= 15 is 0 Å². The number of aliphatic hydroxyl groups is 1. The van der Waals surface area contributed by atoms with Gasteiger partial charge in [-0.25, -0.2) is 4.98 Å². The Hall–Kier alpha value is -3.15. The fourth-order valence-corrected chi connectivity index (χ4v) is 4.51. The largest absolute Gasteiger partial charge is 0.491 e. The first-order valence-electron chi connectivity index (χ1n) is 11.2. The van der Waals surface area contributed by atoms with E-state index < -0.39 is 6.10 Å². The molecule has 5 nitrogen and oxygen atoms in total. The van der Waals surface area contributed by atoms with Crippen LogP contribution in [0.1, 0.15) is 16.7 Å². The monoisotopic (exact) mass is 427 g/mol. The highest BCUT2D eigenvalue weighted by molar-refractivity contribution is 5.82. The predicted octanol–water partition coefficient (Wildman–Crippen LogP) is 4.35. The SMILES string of the molecule is Cc1ccc2c(c1)CN(CC(O)COc1cccc(-c3ccc4ncn(C)c4c3)c1)CC2. The number of hydrogen-bond donors (Lipinski definition) is 1. The summed E-state index contributed by atoms with van der Waals surface area (Å²) in [5.41, 5.74) is 8.39. The van der Waals surface area contributed by atoms with Gasteiger partial charge in [-0.3, -0.25) is 4.90 Å². The summed E-state index contributed by atoms with van der Waals surface area (Å²) in [5.74, 6) is 0.770. The summed E-state index contributed by atoms with van der Waals surface area (Å²) >= 11 is 0. The standard InChI is InChI=1S/C27H29N3O2/c1-19-6-7-20-10-11-30(15-23(20)12-19)16-24(31)17-32-25-5-3-4-21(13-25)22-8-9-26-27(14-22)29(2)18-28-26/h3-9,12-14,18,24,31H,10-11,15-17H2,1-2H3. The smallest absolute Gasteiger partial charge is 0.120 e. The Morgan fingerprint density at radius 3 is 2.81 bits per heavy atom. The van der Waals surface area contributed by atoms with E-state index in [9.17, 15) is 5.11 Å². The number of hydrogen-bond acceptors (Lipinski definition) is 4. The van der Waals surface area contributed by atoms with Gasteiger partial charge in [-0.05, 0) is 59.9 Å². The topological polar surface area (TPSA) is 50.5 Å². The molecule has 0 saturated heterocycles. The molecule has 5 heteroatoms. The van der Waals surface area contributed by atoms with E-state index in [0.717, 1.165) is 47.4 Å². The van der Waals surface area contributed by atoms with E-state index in [1.54, 1.807) is 0 Å². The van der Waals surface area contributed by atoms with Crippen LogP contribution in [-0.4, -0.2) is 45.4 Å². The normalized spacial score (nSPS) is 15.0. The summed E-state index contributed by atoms with van der Waals surface area (Å²) in [6, 6.07) is 21.0. The van der Waals surface area contributed by atoms with Crippen molar-refractivity contribution < 1.29 is 9.84 Å². The molecule has 0 radical (unpaired) electrons. The number of aromatic nitrogens is 2. The van der Waals surface area contributed by atoms with E-state index in [4.69, 9.17) is 4.74 Å². The first-order chi connectivity index (χ1) is 15.5. The van der Waals surface area contributed by atoms with E-state index in [1.165, 1.54) is 16.7 Å². The van der Waals surface area contributed by atoms with Crippen molar-refractivity contribution in [3.8, 4) is 16.9 Å². The van der Waals surface area contributed by atoms with Gasteiger partial charge in [0.15, 0.2) is 0 Å². The number of β-amino-alcohol motifs (C(OH)–C–C–N with tert-alkyl or cyclic N) is 1. The van der Waals surface area contributed by atoms with Crippen LogP contribution < -0.4 is 4.74 Å². The van der Waals surface area contributed by atoms with Gasteiger partial charge in [0.2, 0.25) is 0 Å². The molecule has 32 heavy (non-hydrogen) atoms. The van der Waals surface area contributed by atoms with Crippen LogP contribution in [0.3, 0.4) is 0 Å². The molecule has 1 unspecified atom stereocenters. The number of fused-ring (bicyclic) bond motifs is 2. The first-order valence-corrected chi connectivity index (χ1v) is 11.2. The molecule has 164 valence electrons. The Kier molecular flexibility index (Phi) is 5.68. The molecule has 1 aromatic heterocycles. The van der Waals surface area contributed by atoms with Gasteiger partial charge in [-0.15, -0.1) is 0 Å². The second kappa shape index (κ2) is 8.77. The molecule has 1 N–H and O–H groups in total. The van der Waals surface area contributed by atoms with Crippen LogP contribution in [0.4, 0.5) is 0 Å². The van der Waals surface area contributed by atoms with Gasteiger partial charge < -0.3 is 14.4 Å². The van der Waals surface area contributed by atoms with Crippen molar-refractivity contribution in [3.05, 3.63) is 83.7 Å². The van der Waals surface area contributed by atoms with E-state index in [2.05, 4.69) is 53.2 Å². The number of benzene rings is 3. The molecule has 1 aliphatic heterocycles. The lowest BCUT2D eigenvalue weighted by Gasteiger charge is -2.30. The van der Waals surface area contributed by atoms with Crippen molar-refractivity contribution in [1.29, 1.82) is 0 Å². The molecule has 3 aromatic carbocycles. The van der Waals surface area contributed by atoms with Crippen molar-refractivity contribution in [1.82, 2.24) is 14.5 Å². The quantitative estimate of drug-likeness (QED) is 0.497. The summed E-state index contributed by atoms with van der Waals surface area (Å²) in [6.07, 6.45) is 2.33. The molecule has 2 heterocycles. The van der Waals surface area contributed by atoms with Crippen molar-refractivity contribution >= 4 is 11.0 Å². The molecule has 1 atom stereocenters. The highest BCUT2D eigenvalue weighted by atomic mass is 16.5. The molecule has 0 aliphatic carbocycles. The highest BCUT2D eigenvalue weighted by Crippen LogP contribution is 2.27. The molecule has 1 aliphatic rings. The maximum absolute atomic E-state index is 10.6. The summed E-state index contributed by atoms with van der Waals surface area (Å²) < 4.78 is 7.99. The van der Waals surface area contributed by atoms with Crippen LogP contribution in [0.25, 0.3) is 22.2 Å². The Morgan fingerprint density at radius 1 is 1.03 bits per heavy atom. The third-order valence-corrected chi connectivity index (χ3v) is 6.26. The maximum atomic E-state index is 10.6. The van der Waals surface area contributed by atoms with Crippen molar-refractivity contribution in [2.24, 2.45) is 7.05 Å². The van der Waals surface area contributed by atoms with Crippen LogP contribution in [-0.2, 0) is 20.0 Å². The number of rotatable bonds is 6. The van der Waals surface area contributed by atoms with Crippen LogP contribution >= 0.6 is 0 Å². The molecule has 5 rings (SSSR count). The van der Waals surface area contributed by atoms with Crippen molar-refractivity contribution in [2.45, 2.75) is 26.0 Å². The number of ether oxygens (including phenoxy) is 1. The summed E-state index contributed by atoms with van der Waals surface area (Å²) in [6.45, 7) is 4.88. The van der Waals surface area contributed by atoms with Gasteiger partial charge in [0.25, 0.3) is 0 Å². The number of aliphatic hydroxyl groups excluding tert-OH is 1. The van der Waals surface area contributed by atoms with Crippen LogP contribution in [0.5, 0.6) is 5.75 Å². The van der Waals surface area contributed by atoms with E-state index in [0.29, 0.717) is 6.54 Å². The average molecular weight is 428 g/mol. The van der Waals surface area contributed by atoms with Crippen molar-refractivity contribution in [3.63, 3.8) is 0 Å². The van der Waals surface area contributed by atoms with Gasteiger partial charge in [0, 0.05) is 26.7 Å². The molecular weight excluding hydrogens is 398 g/mol. The lowest BCUT2D eigenvalue weighted by Crippen LogP contribution is -2.38. The minimum Gasteiger partial charge on any atom is -0.491 e. The Balaban J connectivity index is 1.21. The molecule has 4 aromatic rings. The van der Waals surface area contributed by atoms with Gasteiger partial charge in [0.1, 0.15) is 18.5 Å². The average Bonchev–Trinajstić information content (AvgIpc) is 3.18. The molecule has 0 fully saturated rings. The second-order valence-corrected chi connectivity index (χ2v) is 8.81.